The molecule has 0 unspecified atom stereocenters. The highest BCUT2D eigenvalue weighted by Crippen LogP contribution is 2.16. The van der Waals surface area contributed by atoms with Crippen molar-refractivity contribution in [1.29, 1.82) is 0 Å². The molecular formula is C11H12N2O3S. The lowest BCUT2D eigenvalue weighted by molar-refractivity contribution is 0.384. The number of sulfone groups is 1. The SMILES string of the molecule is Cc1ccc(S(=O)(=O)Cc2nc(C)no2)cc1. The van der Waals surface area contributed by atoms with Crippen molar-refractivity contribution < 1.29 is 12.9 Å². The average Bonchev–Trinajstić information content (AvgIpc) is 2.63. The molecule has 0 radical (unpaired) electrons. The van der Waals surface area contributed by atoms with Crippen LogP contribution >= 0.6 is 0 Å². The van der Waals surface area contributed by atoms with Crippen molar-refractivity contribution in [1.82, 2.24) is 10.1 Å². The summed E-state index contributed by atoms with van der Waals surface area (Å²) in [6.07, 6.45) is 0. The maximum absolute atomic E-state index is 12.0. The molecule has 0 atom stereocenters. The van der Waals surface area contributed by atoms with Gasteiger partial charge >= 0.3 is 0 Å². The molecule has 1 aromatic carbocycles. The summed E-state index contributed by atoms with van der Waals surface area (Å²) < 4.78 is 28.8. The summed E-state index contributed by atoms with van der Waals surface area (Å²) in [6.45, 7) is 3.54. The second-order valence-electron chi connectivity index (χ2n) is 3.81. The Morgan fingerprint density at radius 3 is 2.35 bits per heavy atom. The molecular weight excluding hydrogens is 240 g/mol. The summed E-state index contributed by atoms with van der Waals surface area (Å²) in [6, 6.07) is 6.67. The molecule has 2 aromatic rings. The van der Waals surface area contributed by atoms with E-state index in [1.165, 1.54) is 0 Å². The summed E-state index contributed by atoms with van der Waals surface area (Å²) in [7, 11) is -3.41. The van der Waals surface area contributed by atoms with E-state index in [-0.39, 0.29) is 16.5 Å². The molecule has 0 saturated heterocycles. The van der Waals surface area contributed by atoms with Gasteiger partial charge in [0, 0.05) is 0 Å². The third-order valence-corrected chi connectivity index (χ3v) is 3.88. The minimum atomic E-state index is -3.41. The molecule has 0 aliphatic rings. The van der Waals surface area contributed by atoms with Crippen LogP contribution in [-0.2, 0) is 15.6 Å². The molecule has 0 N–H and O–H groups in total. The van der Waals surface area contributed by atoms with E-state index in [0.29, 0.717) is 5.82 Å². The summed E-state index contributed by atoms with van der Waals surface area (Å²) in [4.78, 5) is 4.14. The first-order valence-corrected chi connectivity index (χ1v) is 6.71. The fraction of sp³-hybridized carbons (Fsp3) is 0.273. The number of aryl methyl sites for hydroxylation is 2. The zero-order valence-corrected chi connectivity index (χ0v) is 10.4. The third kappa shape index (κ3) is 2.71. The number of nitrogens with zero attached hydrogens (tertiary/aromatic N) is 2. The number of rotatable bonds is 3. The van der Waals surface area contributed by atoms with Crippen LogP contribution in [0.1, 0.15) is 17.3 Å². The second kappa shape index (κ2) is 4.29. The molecule has 0 bridgehead atoms. The van der Waals surface area contributed by atoms with Gasteiger partial charge in [0.05, 0.1) is 4.90 Å². The number of benzene rings is 1. The fourth-order valence-corrected chi connectivity index (χ4v) is 2.55. The van der Waals surface area contributed by atoms with Crippen molar-refractivity contribution >= 4 is 9.84 Å². The molecule has 90 valence electrons. The zero-order valence-electron chi connectivity index (χ0n) is 9.54. The Balaban J connectivity index is 2.28. The van der Waals surface area contributed by atoms with Gasteiger partial charge in [-0.05, 0) is 26.0 Å². The fourth-order valence-electron chi connectivity index (χ4n) is 1.39. The largest absolute Gasteiger partial charge is 0.338 e. The first-order chi connectivity index (χ1) is 7.97. The number of hydrogen-bond donors (Lipinski definition) is 0. The summed E-state index contributed by atoms with van der Waals surface area (Å²) in [5.74, 6) is 0.277. The van der Waals surface area contributed by atoms with Gasteiger partial charge in [-0.25, -0.2) is 8.42 Å². The highest BCUT2D eigenvalue weighted by molar-refractivity contribution is 7.90. The van der Waals surface area contributed by atoms with Gasteiger partial charge in [0.15, 0.2) is 15.7 Å². The molecule has 0 aliphatic carbocycles. The van der Waals surface area contributed by atoms with E-state index in [1.54, 1.807) is 31.2 Å². The molecule has 6 heteroatoms. The van der Waals surface area contributed by atoms with E-state index in [4.69, 9.17) is 4.52 Å². The topological polar surface area (TPSA) is 73.1 Å². The predicted octanol–water partition coefficient (Wildman–Crippen LogP) is 1.66. The van der Waals surface area contributed by atoms with Gasteiger partial charge in [0.1, 0.15) is 5.75 Å². The molecule has 1 heterocycles. The van der Waals surface area contributed by atoms with Crippen molar-refractivity contribution in [3.8, 4) is 0 Å². The molecule has 2 rings (SSSR count). The lowest BCUT2D eigenvalue weighted by Gasteiger charge is -2.01. The van der Waals surface area contributed by atoms with Crippen LogP contribution in [0, 0.1) is 13.8 Å². The van der Waals surface area contributed by atoms with Crippen LogP contribution in [0.5, 0.6) is 0 Å². The highest BCUT2D eigenvalue weighted by Gasteiger charge is 2.18. The minimum Gasteiger partial charge on any atom is -0.338 e. The molecule has 0 fully saturated rings. The van der Waals surface area contributed by atoms with Crippen molar-refractivity contribution in [3.63, 3.8) is 0 Å². The van der Waals surface area contributed by atoms with E-state index in [1.807, 2.05) is 6.92 Å². The van der Waals surface area contributed by atoms with Crippen molar-refractivity contribution in [2.24, 2.45) is 0 Å². The Labute approximate surface area is 99.4 Å². The minimum absolute atomic E-state index is 0.114. The van der Waals surface area contributed by atoms with E-state index >= 15 is 0 Å². The van der Waals surface area contributed by atoms with Crippen LogP contribution < -0.4 is 0 Å². The lowest BCUT2D eigenvalue weighted by Crippen LogP contribution is -2.05. The predicted molar refractivity (Wildman–Crippen MR) is 61.1 cm³/mol. The molecule has 0 saturated carbocycles. The first-order valence-electron chi connectivity index (χ1n) is 5.06. The molecule has 0 spiro atoms. The van der Waals surface area contributed by atoms with Crippen LogP contribution in [0.4, 0.5) is 0 Å². The normalized spacial score (nSPS) is 11.6. The smallest absolute Gasteiger partial charge is 0.242 e. The van der Waals surface area contributed by atoms with Gasteiger partial charge in [-0.3, -0.25) is 0 Å². The maximum atomic E-state index is 12.0. The van der Waals surface area contributed by atoms with Gasteiger partial charge in [0.25, 0.3) is 0 Å². The van der Waals surface area contributed by atoms with Crippen molar-refractivity contribution in [2.45, 2.75) is 24.5 Å². The molecule has 5 nitrogen and oxygen atoms in total. The van der Waals surface area contributed by atoms with Gasteiger partial charge < -0.3 is 4.52 Å². The van der Waals surface area contributed by atoms with Gasteiger partial charge in [-0.2, -0.15) is 4.98 Å². The van der Waals surface area contributed by atoms with Crippen molar-refractivity contribution in [3.05, 3.63) is 41.5 Å². The summed E-state index contributed by atoms with van der Waals surface area (Å²) in [5.41, 5.74) is 1.01. The number of hydrogen-bond acceptors (Lipinski definition) is 5. The lowest BCUT2D eigenvalue weighted by atomic mass is 10.2. The number of aromatic nitrogens is 2. The van der Waals surface area contributed by atoms with Gasteiger partial charge in [0.2, 0.25) is 5.89 Å². The zero-order chi connectivity index (χ0) is 12.5. The maximum Gasteiger partial charge on any atom is 0.242 e. The first kappa shape index (κ1) is 11.8. The Bertz CT molecular complexity index is 614. The molecule has 0 aliphatic heterocycles. The molecule has 1 aromatic heterocycles. The summed E-state index contributed by atoms with van der Waals surface area (Å²) in [5, 5.41) is 3.56. The van der Waals surface area contributed by atoms with Gasteiger partial charge in [-0.1, -0.05) is 22.9 Å². The average molecular weight is 252 g/mol. The molecule has 0 amide bonds. The van der Waals surface area contributed by atoms with Crippen LogP contribution in [0.25, 0.3) is 0 Å². The quantitative estimate of drug-likeness (QED) is 0.830. The standard InChI is InChI=1S/C11H12N2O3S/c1-8-3-5-10(6-4-8)17(14,15)7-11-12-9(2)13-16-11/h3-6H,7H2,1-2H3. The van der Waals surface area contributed by atoms with Crippen LogP contribution in [0.2, 0.25) is 0 Å². The van der Waals surface area contributed by atoms with E-state index in [9.17, 15) is 8.42 Å². The molecule has 17 heavy (non-hydrogen) atoms. The van der Waals surface area contributed by atoms with E-state index < -0.39 is 9.84 Å². The van der Waals surface area contributed by atoms with Crippen molar-refractivity contribution in [2.75, 3.05) is 0 Å². The Morgan fingerprint density at radius 2 is 1.82 bits per heavy atom. The van der Waals surface area contributed by atoms with Gasteiger partial charge in [-0.15, -0.1) is 0 Å². The Hall–Kier alpha value is -1.69. The van der Waals surface area contributed by atoms with E-state index in [0.717, 1.165) is 5.56 Å². The van der Waals surface area contributed by atoms with Crippen LogP contribution in [0.3, 0.4) is 0 Å². The van der Waals surface area contributed by atoms with Crippen LogP contribution in [-0.4, -0.2) is 18.6 Å². The Kier molecular flexibility index (Phi) is 2.97. The Morgan fingerprint density at radius 1 is 1.18 bits per heavy atom. The summed E-state index contributed by atoms with van der Waals surface area (Å²) >= 11 is 0. The van der Waals surface area contributed by atoms with Crippen LogP contribution in [0.15, 0.2) is 33.7 Å². The second-order valence-corrected chi connectivity index (χ2v) is 5.80. The third-order valence-electron chi connectivity index (χ3n) is 2.26. The van der Waals surface area contributed by atoms with E-state index in [2.05, 4.69) is 10.1 Å². The highest BCUT2D eigenvalue weighted by atomic mass is 32.2. The monoisotopic (exact) mass is 252 g/mol.